The van der Waals surface area contributed by atoms with E-state index in [-0.39, 0.29) is 12.5 Å². The highest BCUT2D eigenvalue weighted by Crippen LogP contribution is 2.39. The van der Waals surface area contributed by atoms with Crippen LogP contribution in [0.2, 0.25) is 0 Å². The Labute approximate surface area is 163 Å². The highest BCUT2D eigenvalue weighted by atomic mass is 32.2. The van der Waals surface area contributed by atoms with E-state index in [2.05, 4.69) is 32.9 Å². The highest BCUT2D eigenvalue weighted by molar-refractivity contribution is 7.93. The Morgan fingerprint density at radius 2 is 1.88 bits per heavy atom. The monoisotopic (exact) mass is 385 g/mol. The van der Waals surface area contributed by atoms with Crippen molar-refractivity contribution in [3.8, 4) is 10.6 Å². The van der Waals surface area contributed by atoms with Crippen molar-refractivity contribution < 1.29 is 9.66 Å². The summed E-state index contributed by atoms with van der Waals surface area (Å²) in [6, 6.07) is 14.3. The number of aromatic nitrogens is 1. The zero-order chi connectivity index (χ0) is 18.7. The quantitative estimate of drug-likeness (QED) is 0.536. The molecule has 2 N–H and O–H groups in total. The topological polar surface area (TPSA) is 53.4 Å². The molecule has 26 heavy (non-hydrogen) atoms. The Hall–Kier alpha value is -1.66. The van der Waals surface area contributed by atoms with E-state index in [9.17, 15) is 9.66 Å². The molecule has 0 aliphatic carbocycles. The van der Waals surface area contributed by atoms with Gasteiger partial charge in [-0.25, -0.2) is 4.98 Å². The number of nitrogens with zero attached hydrogens (tertiary/aromatic N) is 1. The van der Waals surface area contributed by atoms with Crippen LogP contribution in [0.1, 0.15) is 40.1 Å². The molecule has 3 rings (SSSR count). The van der Waals surface area contributed by atoms with Crippen molar-refractivity contribution >= 4 is 23.4 Å². The lowest BCUT2D eigenvalue weighted by Crippen LogP contribution is -2.02. The largest absolute Gasteiger partial charge is 0.396 e. The number of hydrogen-bond donors (Lipinski definition) is 2. The van der Waals surface area contributed by atoms with Crippen LogP contribution in [-0.2, 0) is 6.42 Å². The molecule has 0 spiro atoms. The van der Waals surface area contributed by atoms with Gasteiger partial charge in [-0.2, -0.15) is 0 Å². The minimum atomic E-state index is 0.0855. The summed E-state index contributed by atoms with van der Waals surface area (Å²) < 4.78 is 9.40. The normalized spacial score (nSPS) is 12.3. The SMILES string of the molecule is Cc1ccccc1-c1nc(CCO)c(C(C)c2cc(SO)ccc2C)s1. The van der Waals surface area contributed by atoms with Crippen LogP contribution in [0.15, 0.2) is 47.4 Å². The van der Waals surface area contributed by atoms with Crippen molar-refractivity contribution in [1.29, 1.82) is 0 Å². The van der Waals surface area contributed by atoms with Crippen LogP contribution in [0.3, 0.4) is 0 Å². The first kappa shape index (κ1) is 19.1. The third kappa shape index (κ3) is 3.86. The molecule has 0 aliphatic rings. The molecule has 0 saturated carbocycles. The van der Waals surface area contributed by atoms with Crippen molar-refractivity contribution in [2.75, 3.05) is 6.61 Å². The first-order chi connectivity index (χ1) is 12.5. The molecule has 136 valence electrons. The molecule has 1 unspecified atom stereocenters. The van der Waals surface area contributed by atoms with Gasteiger partial charge >= 0.3 is 0 Å². The molecular formula is C21H23NO2S2. The standard InChI is InChI=1S/C21H23NO2S2/c1-13-6-4-5-7-17(13)21-22-19(10-11-23)20(25-21)15(3)18-12-16(26-24)9-8-14(18)2/h4-9,12,15,23-24H,10-11H2,1-3H3. The fourth-order valence-electron chi connectivity index (χ4n) is 3.20. The van der Waals surface area contributed by atoms with E-state index in [0.29, 0.717) is 6.42 Å². The molecular weight excluding hydrogens is 362 g/mol. The van der Waals surface area contributed by atoms with Gasteiger partial charge in [0.25, 0.3) is 0 Å². The van der Waals surface area contributed by atoms with Crippen LogP contribution >= 0.6 is 23.4 Å². The van der Waals surface area contributed by atoms with E-state index < -0.39 is 0 Å². The van der Waals surface area contributed by atoms with E-state index in [4.69, 9.17) is 4.98 Å². The molecule has 0 aliphatic heterocycles. The lowest BCUT2D eigenvalue weighted by molar-refractivity contribution is 0.298. The molecule has 5 heteroatoms. The van der Waals surface area contributed by atoms with Gasteiger partial charge in [0.05, 0.1) is 5.69 Å². The Bertz CT molecular complexity index is 905. The van der Waals surface area contributed by atoms with E-state index in [0.717, 1.165) is 33.2 Å². The van der Waals surface area contributed by atoms with Gasteiger partial charge in [0.2, 0.25) is 0 Å². The number of thiazole rings is 1. The molecule has 0 amide bonds. The summed E-state index contributed by atoms with van der Waals surface area (Å²) in [6.45, 7) is 6.44. The third-order valence-electron chi connectivity index (χ3n) is 4.67. The second-order valence-corrected chi connectivity index (χ2v) is 8.13. The van der Waals surface area contributed by atoms with Gasteiger partial charge in [-0.05, 0) is 42.7 Å². The number of rotatable bonds is 6. The molecule has 0 saturated heterocycles. The van der Waals surface area contributed by atoms with Gasteiger partial charge in [-0.3, -0.25) is 0 Å². The summed E-state index contributed by atoms with van der Waals surface area (Å²) in [5, 5.41) is 10.5. The van der Waals surface area contributed by atoms with Crippen molar-refractivity contribution in [2.45, 2.75) is 38.0 Å². The average Bonchev–Trinajstić information content (AvgIpc) is 3.06. The summed E-state index contributed by atoms with van der Waals surface area (Å²) in [7, 11) is 0. The van der Waals surface area contributed by atoms with E-state index >= 15 is 0 Å². The van der Waals surface area contributed by atoms with Crippen LogP contribution in [0, 0.1) is 13.8 Å². The second-order valence-electron chi connectivity index (χ2n) is 6.45. The lowest BCUT2D eigenvalue weighted by Gasteiger charge is -2.15. The molecule has 1 atom stereocenters. The molecule has 2 aromatic carbocycles. The van der Waals surface area contributed by atoms with Gasteiger partial charge in [0, 0.05) is 46.3 Å². The van der Waals surface area contributed by atoms with Crippen LogP contribution in [0.4, 0.5) is 0 Å². The Morgan fingerprint density at radius 3 is 2.58 bits per heavy atom. The number of benzene rings is 2. The Kier molecular flexibility index (Phi) is 6.14. The summed E-state index contributed by atoms with van der Waals surface area (Å²) in [6.07, 6.45) is 0.551. The van der Waals surface area contributed by atoms with Crippen LogP contribution in [-0.4, -0.2) is 21.3 Å². The fraction of sp³-hybridized carbons (Fsp3) is 0.286. The van der Waals surface area contributed by atoms with Gasteiger partial charge < -0.3 is 9.66 Å². The smallest absolute Gasteiger partial charge is 0.124 e. The average molecular weight is 386 g/mol. The van der Waals surface area contributed by atoms with E-state index in [1.54, 1.807) is 11.3 Å². The maximum atomic E-state index is 9.50. The number of aliphatic hydroxyl groups excluding tert-OH is 1. The van der Waals surface area contributed by atoms with Gasteiger partial charge in [-0.1, -0.05) is 37.3 Å². The fourth-order valence-corrected chi connectivity index (χ4v) is 4.78. The molecule has 3 aromatic rings. The molecule has 0 fully saturated rings. The first-order valence-electron chi connectivity index (χ1n) is 8.63. The van der Waals surface area contributed by atoms with Gasteiger partial charge in [0.1, 0.15) is 5.01 Å². The Balaban J connectivity index is 2.08. The number of aliphatic hydroxyl groups is 1. The predicted octanol–water partition coefficient (Wildman–Crippen LogP) is 5.68. The molecule has 1 heterocycles. The van der Waals surface area contributed by atoms with Gasteiger partial charge in [0.15, 0.2) is 0 Å². The molecule has 1 aromatic heterocycles. The van der Waals surface area contributed by atoms with Crippen molar-refractivity contribution in [3.05, 3.63) is 69.7 Å². The summed E-state index contributed by atoms with van der Waals surface area (Å²) in [5.41, 5.74) is 5.68. The van der Waals surface area contributed by atoms with Crippen LogP contribution in [0.25, 0.3) is 10.6 Å². The lowest BCUT2D eigenvalue weighted by atomic mass is 9.94. The van der Waals surface area contributed by atoms with Crippen molar-refractivity contribution in [3.63, 3.8) is 0 Å². The number of aryl methyl sites for hydroxylation is 2. The van der Waals surface area contributed by atoms with E-state index in [1.165, 1.54) is 21.6 Å². The van der Waals surface area contributed by atoms with Gasteiger partial charge in [-0.15, -0.1) is 11.3 Å². The number of hydrogen-bond acceptors (Lipinski definition) is 5. The van der Waals surface area contributed by atoms with Crippen LogP contribution in [0.5, 0.6) is 0 Å². The second kappa shape index (κ2) is 8.35. The Morgan fingerprint density at radius 1 is 1.12 bits per heavy atom. The summed E-state index contributed by atoms with van der Waals surface area (Å²) in [4.78, 5) is 6.87. The third-order valence-corrected chi connectivity index (χ3v) is 6.45. The zero-order valence-electron chi connectivity index (χ0n) is 15.2. The predicted molar refractivity (Wildman–Crippen MR) is 110 cm³/mol. The minimum Gasteiger partial charge on any atom is -0.396 e. The maximum Gasteiger partial charge on any atom is 0.124 e. The minimum absolute atomic E-state index is 0.0855. The molecule has 3 nitrogen and oxygen atoms in total. The highest BCUT2D eigenvalue weighted by Gasteiger charge is 2.21. The van der Waals surface area contributed by atoms with Crippen molar-refractivity contribution in [1.82, 2.24) is 4.98 Å². The summed E-state index contributed by atoms with van der Waals surface area (Å²) in [5.74, 6) is 0.152. The maximum absolute atomic E-state index is 9.50. The first-order valence-corrected chi connectivity index (χ1v) is 10.2. The zero-order valence-corrected chi connectivity index (χ0v) is 16.8. The van der Waals surface area contributed by atoms with E-state index in [1.807, 2.05) is 30.3 Å². The van der Waals surface area contributed by atoms with Crippen molar-refractivity contribution in [2.24, 2.45) is 0 Å². The summed E-state index contributed by atoms with van der Waals surface area (Å²) >= 11 is 2.47. The van der Waals surface area contributed by atoms with Crippen LogP contribution < -0.4 is 0 Å². The molecule has 0 bridgehead atoms. The molecule has 0 radical (unpaired) electrons.